The highest BCUT2D eigenvalue weighted by Crippen LogP contribution is 2.50. The highest BCUT2D eigenvalue weighted by Gasteiger charge is 2.43. The maximum atomic E-state index is 3.60. The van der Waals surface area contributed by atoms with Crippen molar-refractivity contribution in [2.45, 2.75) is 32.2 Å². The van der Waals surface area contributed by atoms with E-state index >= 15 is 0 Å². The van der Waals surface area contributed by atoms with Crippen molar-refractivity contribution >= 4 is 15.9 Å². The van der Waals surface area contributed by atoms with Crippen LogP contribution in [0.4, 0.5) is 0 Å². The molecule has 0 amide bonds. The van der Waals surface area contributed by atoms with E-state index in [1.165, 1.54) is 34.9 Å². The van der Waals surface area contributed by atoms with Gasteiger partial charge in [-0.15, -0.1) is 0 Å². The highest BCUT2D eigenvalue weighted by atomic mass is 79.9. The summed E-state index contributed by atoms with van der Waals surface area (Å²) in [6, 6.07) is 7.04. The van der Waals surface area contributed by atoms with Crippen LogP contribution in [-0.2, 0) is 0 Å². The number of benzene rings is 1. The number of aryl methyl sites for hydroxylation is 1. The van der Waals surface area contributed by atoms with Gasteiger partial charge in [0.25, 0.3) is 0 Å². The summed E-state index contributed by atoms with van der Waals surface area (Å²) in [5.41, 5.74) is 3.19. The van der Waals surface area contributed by atoms with E-state index in [1.807, 2.05) is 0 Å². The molecule has 1 fully saturated rings. The van der Waals surface area contributed by atoms with E-state index in [0.29, 0.717) is 11.5 Å². The van der Waals surface area contributed by atoms with Gasteiger partial charge in [0.2, 0.25) is 0 Å². The molecule has 1 unspecified atom stereocenters. The van der Waals surface area contributed by atoms with Crippen LogP contribution in [0, 0.1) is 12.3 Å². The Morgan fingerprint density at radius 2 is 2.06 bits per heavy atom. The first-order chi connectivity index (χ1) is 8.63. The van der Waals surface area contributed by atoms with Gasteiger partial charge in [-0.1, -0.05) is 28.4 Å². The lowest BCUT2D eigenvalue weighted by molar-refractivity contribution is 0.0785. The van der Waals surface area contributed by atoms with Crippen LogP contribution < -0.4 is 10.6 Å². The monoisotopic (exact) mass is 310 g/mol. The minimum atomic E-state index is 0.384. The molecule has 2 rings (SSSR count). The fourth-order valence-electron chi connectivity index (χ4n) is 3.26. The van der Waals surface area contributed by atoms with E-state index in [0.717, 1.165) is 6.54 Å². The van der Waals surface area contributed by atoms with Crippen molar-refractivity contribution in [2.24, 2.45) is 5.41 Å². The van der Waals surface area contributed by atoms with Crippen LogP contribution in [0.25, 0.3) is 0 Å². The summed E-state index contributed by atoms with van der Waals surface area (Å²) in [5.74, 6) is 0. The maximum Gasteiger partial charge on any atom is 0.0390 e. The van der Waals surface area contributed by atoms with Crippen molar-refractivity contribution in [3.05, 3.63) is 33.8 Å². The molecule has 1 atom stereocenters. The predicted molar refractivity (Wildman–Crippen MR) is 80.9 cm³/mol. The van der Waals surface area contributed by atoms with E-state index in [4.69, 9.17) is 0 Å². The van der Waals surface area contributed by atoms with Gasteiger partial charge in [0, 0.05) is 22.5 Å². The average molecular weight is 311 g/mol. The summed E-state index contributed by atoms with van der Waals surface area (Å²) in [5, 5.41) is 6.93. The lowest BCUT2D eigenvalue weighted by Gasteiger charge is -2.48. The van der Waals surface area contributed by atoms with E-state index in [2.05, 4.69) is 65.8 Å². The molecule has 0 aromatic heterocycles. The fraction of sp³-hybridized carbons (Fsp3) is 0.600. The largest absolute Gasteiger partial charge is 0.319 e. The Bertz CT molecular complexity index is 413. The number of nitrogens with one attached hydrogen (secondary N) is 2. The Morgan fingerprint density at radius 1 is 1.33 bits per heavy atom. The second-order valence-corrected chi connectivity index (χ2v) is 6.38. The minimum Gasteiger partial charge on any atom is -0.319 e. The van der Waals surface area contributed by atoms with E-state index in [-0.39, 0.29) is 0 Å². The molecule has 0 radical (unpaired) electrons. The molecular weight excluding hydrogens is 288 g/mol. The minimum absolute atomic E-state index is 0.384. The van der Waals surface area contributed by atoms with Crippen LogP contribution in [0.1, 0.15) is 36.4 Å². The Labute approximate surface area is 119 Å². The molecule has 2 nitrogen and oxygen atoms in total. The van der Waals surface area contributed by atoms with Crippen LogP contribution in [0.3, 0.4) is 0 Å². The number of halogens is 1. The molecule has 0 aliphatic heterocycles. The normalized spacial score (nSPS) is 19.3. The lowest BCUT2D eigenvalue weighted by Crippen LogP contribution is -2.48. The SMILES string of the molecule is CNCC1(C(NC)c2cc(Br)ccc2C)CCC1. The molecule has 18 heavy (non-hydrogen) atoms. The van der Waals surface area contributed by atoms with Crippen molar-refractivity contribution in [3.8, 4) is 0 Å². The van der Waals surface area contributed by atoms with Crippen LogP contribution in [-0.4, -0.2) is 20.6 Å². The van der Waals surface area contributed by atoms with E-state index in [9.17, 15) is 0 Å². The highest BCUT2D eigenvalue weighted by molar-refractivity contribution is 9.10. The van der Waals surface area contributed by atoms with Crippen LogP contribution in [0.15, 0.2) is 22.7 Å². The topological polar surface area (TPSA) is 24.1 Å². The van der Waals surface area contributed by atoms with Gasteiger partial charge in [-0.2, -0.15) is 0 Å². The summed E-state index contributed by atoms with van der Waals surface area (Å²) in [7, 11) is 4.14. The van der Waals surface area contributed by atoms with E-state index in [1.54, 1.807) is 0 Å². The summed E-state index contributed by atoms with van der Waals surface area (Å²) >= 11 is 3.60. The Balaban J connectivity index is 2.35. The standard InChI is InChI=1S/C15H23BrN2/c1-11-5-6-12(16)9-13(11)14(18-3)15(10-17-2)7-4-8-15/h5-6,9,14,17-18H,4,7-8,10H2,1-3H3. The zero-order chi connectivity index (χ0) is 13.2. The Morgan fingerprint density at radius 3 is 2.56 bits per heavy atom. The van der Waals surface area contributed by atoms with Crippen molar-refractivity contribution < 1.29 is 0 Å². The smallest absolute Gasteiger partial charge is 0.0390 e. The molecule has 3 heteroatoms. The third-order valence-corrected chi connectivity index (χ3v) is 4.82. The summed E-state index contributed by atoms with van der Waals surface area (Å²) in [6.07, 6.45) is 3.98. The number of hydrogen-bond donors (Lipinski definition) is 2. The molecule has 2 N–H and O–H groups in total. The summed E-state index contributed by atoms with van der Waals surface area (Å²) in [4.78, 5) is 0. The molecule has 0 spiro atoms. The second-order valence-electron chi connectivity index (χ2n) is 5.47. The molecule has 1 saturated carbocycles. The van der Waals surface area contributed by atoms with Crippen molar-refractivity contribution in [1.29, 1.82) is 0 Å². The summed E-state index contributed by atoms with van der Waals surface area (Å²) in [6.45, 7) is 3.29. The van der Waals surface area contributed by atoms with Gasteiger partial charge >= 0.3 is 0 Å². The number of hydrogen-bond acceptors (Lipinski definition) is 2. The van der Waals surface area contributed by atoms with Crippen molar-refractivity contribution in [2.75, 3.05) is 20.6 Å². The first-order valence-electron chi connectivity index (χ1n) is 6.71. The molecular formula is C15H23BrN2. The quantitative estimate of drug-likeness (QED) is 0.871. The molecule has 1 aliphatic carbocycles. The zero-order valence-corrected chi connectivity index (χ0v) is 13.1. The Kier molecular flexibility index (Phi) is 4.46. The van der Waals surface area contributed by atoms with Crippen LogP contribution >= 0.6 is 15.9 Å². The molecule has 100 valence electrons. The second kappa shape index (κ2) is 5.72. The molecule has 0 saturated heterocycles. The zero-order valence-electron chi connectivity index (χ0n) is 11.5. The van der Waals surface area contributed by atoms with Gasteiger partial charge in [-0.05, 0) is 57.1 Å². The van der Waals surface area contributed by atoms with Gasteiger partial charge in [-0.3, -0.25) is 0 Å². The molecule has 1 aromatic rings. The van der Waals surface area contributed by atoms with Gasteiger partial charge in [0.15, 0.2) is 0 Å². The molecule has 1 aromatic carbocycles. The predicted octanol–water partition coefficient (Wildman–Crippen LogP) is 3.41. The molecule has 0 bridgehead atoms. The van der Waals surface area contributed by atoms with Crippen molar-refractivity contribution in [1.82, 2.24) is 10.6 Å². The lowest BCUT2D eigenvalue weighted by atomic mass is 9.62. The summed E-state index contributed by atoms with van der Waals surface area (Å²) < 4.78 is 1.17. The van der Waals surface area contributed by atoms with Gasteiger partial charge in [-0.25, -0.2) is 0 Å². The molecule has 1 aliphatic rings. The van der Waals surface area contributed by atoms with Gasteiger partial charge < -0.3 is 10.6 Å². The van der Waals surface area contributed by atoms with Crippen LogP contribution in [0.5, 0.6) is 0 Å². The Hall–Kier alpha value is -0.380. The molecule has 0 heterocycles. The van der Waals surface area contributed by atoms with E-state index < -0.39 is 0 Å². The first-order valence-corrected chi connectivity index (χ1v) is 7.50. The first kappa shape index (κ1) is 14.0. The van der Waals surface area contributed by atoms with Crippen molar-refractivity contribution in [3.63, 3.8) is 0 Å². The van der Waals surface area contributed by atoms with Crippen LogP contribution in [0.2, 0.25) is 0 Å². The average Bonchev–Trinajstić information content (AvgIpc) is 2.31. The third-order valence-electron chi connectivity index (χ3n) is 4.33. The number of rotatable bonds is 5. The fourth-order valence-corrected chi connectivity index (χ4v) is 3.64. The van der Waals surface area contributed by atoms with Gasteiger partial charge in [0.1, 0.15) is 0 Å². The maximum absolute atomic E-state index is 3.60. The van der Waals surface area contributed by atoms with Gasteiger partial charge in [0.05, 0.1) is 0 Å². The third kappa shape index (κ3) is 2.49.